The lowest BCUT2D eigenvalue weighted by molar-refractivity contribution is -0.117. The lowest BCUT2D eigenvalue weighted by Crippen LogP contribution is -2.28. The Morgan fingerprint density at radius 2 is 2.26 bits per heavy atom. The number of carbonyl (C=O) groups is 1. The minimum Gasteiger partial charge on any atom is -0.296 e. The monoisotopic (exact) mass is 367 g/mol. The molecule has 1 fully saturated rings. The van der Waals surface area contributed by atoms with Gasteiger partial charge in [-0.05, 0) is 15.9 Å². The fraction of sp³-hybridized carbons (Fsp3) is 0.400. The number of halogens is 2. The second-order valence-electron chi connectivity index (χ2n) is 4.36. The molecule has 1 aliphatic heterocycles. The number of primary sulfonamides is 1. The molecule has 1 aliphatic rings. The van der Waals surface area contributed by atoms with Crippen LogP contribution in [0.1, 0.15) is 6.42 Å². The highest BCUT2D eigenvalue weighted by atomic mass is 79.9. The summed E-state index contributed by atoms with van der Waals surface area (Å²) in [5, 5.41) is 5.43. The zero-order valence-corrected chi connectivity index (χ0v) is 12.9. The topological polar surface area (TPSA) is 93.4 Å². The van der Waals surface area contributed by atoms with Crippen LogP contribution in [0.5, 0.6) is 0 Å². The molecule has 0 saturated carbocycles. The van der Waals surface area contributed by atoms with Crippen LogP contribution in [0.25, 0.3) is 0 Å². The van der Waals surface area contributed by atoms with Gasteiger partial charge in [0, 0.05) is 31.1 Å². The van der Waals surface area contributed by atoms with Gasteiger partial charge in [0.2, 0.25) is 15.9 Å². The Labute approximate surface area is 124 Å². The summed E-state index contributed by atoms with van der Waals surface area (Å²) in [6.45, 7) is 0.278. The molecule has 0 aromatic carbocycles. The van der Waals surface area contributed by atoms with E-state index in [1.165, 1.54) is 11.1 Å². The zero-order chi connectivity index (χ0) is 14.2. The van der Waals surface area contributed by atoms with Crippen LogP contribution in [-0.2, 0) is 14.8 Å². The van der Waals surface area contributed by atoms with Crippen LogP contribution in [0, 0.1) is 5.92 Å². The van der Waals surface area contributed by atoms with Crippen molar-refractivity contribution in [2.24, 2.45) is 11.1 Å². The average Bonchev–Trinajstić information content (AvgIpc) is 2.61. The number of hydrogen-bond donors (Lipinski definition) is 1. The lowest BCUT2D eigenvalue weighted by Gasteiger charge is -2.15. The molecule has 2 rings (SSSR count). The summed E-state index contributed by atoms with van der Waals surface area (Å²) in [4.78, 5) is 17.4. The first kappa shape index (κ1) is 14.7. The molecule has 1 saturated heterocycles. The smallest absolute Gasteiger partial charge is 0.228 e. The summed E-state index contributed by atoms with van der Waals surface area (Å²) < 4.78 is 22.7. The quantitative estimate of drug-likeness (QED) is 0.865. The van der Waals surface area contributed by atoms with Crippen molar-refractivity contribution in [1.82, 2.24) is 4.98 Å². The number of hydrogen-bond acceptors (Lipinski definition) is 4. The number of aromatic nitrogens is 1. The normalized spacial score (nSPS) is 20.1. The van der Waals surface area contributed by atoms with E-state index in [2.05, 4.69) is 20.9 Å². The molecule has 0 aliphatic carbocycles. The highest BCUT2D eigenvalue weighted by Gasteiger charge is 2.33. The first-order valence-electron chi connectivity index (χ1n) is 5.38. The molecule has 1 atom stereocenters. The predicted molar refractivity (Wildman–Crippen MR) is 75.4 cm³/mol. The molecule has 0 spiro atoms. The third-order valence-corrected chi connectivity index (χ3v) is 4.85. The van der Waals surface area contributed by atoms with Crippen LogP contribution in [0.4, 0.5) is 5.82 Å². The fourth-order valence-corrected chi connectivity index (χ4v) is 3.24. The Morgan fingerprint density at radius 1 is 1.58 bits per heavy atom. The van der Waals surface area contributed by atoms with Gasteiger partial charge in [0.05, 0.1) is 15.2 Å². The fourth-order valence-electron chi connectivity index (χ4n) is 1.99. The van der Waals surface area contributed by atoms with Crippen molar-refractivity contribution in [3.8, 4) is 0 Å². The van der Waals surface area contributed by atoms with Gasteiger partial charge in [0.25, 0.3) is 0 Å². The number of amides is 1. The van der Waals surface area contributed by atoms with E-state index in [0.717, 1.165) is 0 Å². The molecule has 1 unspecified atom stereocenters. The summed E-state index contributed by atoms with van der Waals surface area (Å²) in [7, 11) is -3.58. The van der Waals surface area contributed by atoms with Gasteiger partial charge in [-0.3, -0.25) is 9.69 Å². The number of nitrogens with zero attached hydrogens (tertiary/aromatic N) is 2. The Balaban J connectivity index is 2.18. The van der Waals surface area contributed by atoms with Crippen molar-refractivity contribution in [2.45, 2.75) is 6.42 Å². The van der Waals surface area contributed by atoms with Crippen LogP contribution >= 0.6 is 27.5 Å². The summed E-state index contributed by atoms with van der Waals surface area (Å²) in [5.74, 6) is -0.291. The Morgan fingerprint density at radius 3 is 2.84 bits per heavy atom. The molecule has 9 heteroatoms. The second kappa shape index (κ2) is 5.35. The van der Waals surface area contributed by atoms with Gasteiger partial charge >= 0.3 is 0 Å². The maximum Gasteiger partial charge on any atom is 0.228 e. The number of rotatable bonds is 3. The molecule has 2 heterocycles. The Kier molecular flexibility index (Phi) is 4.14. The van der Waals surface area contributed by atoms with Crippen molar-refractivity contribution in [2.75, 3.05) is 17.2 Å². The number of carbonyl (C=O) groups excluding carboxylic acids is 1. The van der Waals surface area contributed by atoms with E-state index in [1.54, 1.807) is 6.07 Å². The molecule has 2 N–H and O–H groups in total. The van der Waals surface area contributed by atoms with Crippen LogP contribution < -0.4 is 10.0 Å². The maximum absolute atomic E-state index is 11.9. The maximum atomic E-state index is 11.9. The standard InChI is InChI=1S/C10H11BrClN3O3S/c11-7-3-14-9(2-8(7)12)15-4-6(1-10(15)16)5-19(13,17)18/h2-3,6H,1,4-5H2,(H2,13,17,18). The number of sulfonamides is 1. The van der Waals surface area contributed by atoms with E-state index in [-0.39, 0.29) is 30.5 Å². The molecule has 1 amide bonds. The number of pyridine rings is 1. The van der Waals surface area contributed by atoms with Crippen LogP contribution in [0.3, 0.4) is 0 Å². The summed E-state index contributed by atoms with van der Waals surface area (Å²) in [6, 6.07) is 1.56. The summed E-state index contributed by atoms with van der Waals surface area (Å²) >= 11 is 9.15. The Hall–Kier alpha value is -0.700. The molecule has 0 radical (unpaired) electrons. The van der Waals surface area contributed by atoms with Gasteiger partial charge < -0.3 is 0 Å². The van der Waals surface area contributed by atoms with Crippen LogP contribution in [0.2, 0.25) is 5.02 Å². The zero-order valence-electron chi connectivity index (χ0n) is 9.71. The highest BCUT2D eigenvalue weighted by molar-refractivity contribution is 9.10. The van der Waals surface area contributed by atoms with Gasteiger partial charge in [-0.25, -0.2) is 18.5 Å². The molecule has 1 aromatic rings. The lowest BCUT2D eigenvalue weighted by atomic mass is 10.1. The van der Waals surface area contributed by atoms with Crippen molar-refractivity contribution >= 4 is 49.3 Å². The minimum atomic E-state index is -3.58. The van der Waals surface area contributed by atoms with E-state index < -0.39 is 10.0 Å². The van der Waals surface area contributed by atoms with Crippen molar-refractivity contribution in [3.63, 3.8) is 0 Å². The molecule has 6 nitrogen and oxygen atoms in total. The number of nitrogens with two attached hydrogens (primary N) is 1. The Bertz CT molecular complexity index is 622. The molecule has 1 aromatic heterocycles. The first-order valence-corrected chi connectivity index (χ1v) is 8.27. The van der Waals surface area contributed by atoms with Crippen molar-refractivity contribution < 1.29 is 13.2 Å². The summed E-state index contributed by atoms with van der Waals surface area (Å²) in [6.07, 6.45) is 1.64. The van der Waals surface area contributed by atoms with E-state index in [4.69, 9.17) is 16.7 Å². The molecular formula is C10H11BrClN3O3S. The minimum absolute atomic E-state index is 0.145. The van der Waals surface area contributed by atoms with Crippen LogP contribution in [0.15, 0.2) is 16.7 Å². The molecule has 0 bridgehead atoms. The van der Waals surface area contributed by atoms with E-state index in [1.807, 2.05) is 0 Å². The van der Waals surface area contributed by atoms with Gasteiger partial charge in [0.15, 0.2) is 0 Å². The molecule has 19 heavy (non-hydrogen) atoms. The average molecular weight is 369 g/mol. The highest BCUT2D eigenvalue weighted by Crippen LogP contribution is 2.29. The summed E-state index contributed by atoms with van der Waals surface area (Å²) in [5.41, 5.74) is 0. The molecular weight excluding hydrogens is 358 g/mol. The number of anilines is 1. The molecule has 104 valence electrons. The van der Waals surface area contributed by atoms with E-state index in [9.17, 15) is 13.2 Å². The van der Waals surface area contributed by atoms with E-state index in [0.29, 0.717) is 15.3 Å². The van der Waals surface area contributed by atoms with Gasteiger partial charge in [-0.2, -0.15) is 0 Å². The second-order valence-corrected chi connectivity index (χ2v) is 7.28. The van der Waals surface area contributed by atoms with E-state index >= 15 is 0 Å². The first-order chi connectivity index (χ1) is 8.76. The van der Waals surface area contributed by atoms with Crippen molar-refractivity contribution in [1.29, 1.82) is 0 Å². The SMILES string of the molecule is NS(=O)(=O)CC1CC(=O)N(c2cc(Cl)c(Br)cn2)C1. The van der Waals surface area contributed by atoms with Crippen molar-refractivity contribution in [3.05, 3.63) is 21.8 Å². The third kappa shape index (κ3) is 3.65. The largest absolute Gasteiger partial charge is 0.296 e. The predicted octanol–water partition coefficient (Wildman–Crippen LogP) is 1.14. The van der Waals surface area contributed by atoms with Gasteiger partial charge in [-0.1, -0.05) is 11.6 Å². The van der Waals surface area contributed by atoms with Crippen LogP contribution in [-0.4, -0.2) is 31.6 Å². The van der Waals surface area contributed by atoms with Gasteiger partial charge in [0.1, 0.15) is 5.82 Å². The van der Waals surface area contributed by atoms with Gasteiger partial charge in [-0.15, -0.1) is 0 Å². The third-order valence-electron chi connectivity index (χ3n) is 2.74.